The molecule has 0 spiro atoms. The summed E-state index contributed by atoms with van der Waals surface area (Å²) in [6.07, 6.45) is -0.491. The number of aliphatic hydroxyl groups excluding tert-OH is 1. The molecular formula is C12H20O3Si. The summed E-state index contributed by atoms with van der Waals surface area (Å²) >= 11 is 0. The van der Waals surface area contributed by atoms with Crippen molar-refractivity contribution in [3.05, 3.63) is 23.8 Å². The molecule has 1 rings (SSSR count). The molecule has 0 saturated carbocycles. The Bertz CT molecular complexity index is 356. The molecule has 1 N–H and O–H groups in total. The van der Waals surface area contributed by atoms with Gasteiger partial charge in [-0.25, -0.2) is 0 Å². The predicted octanol–water partition coefficient (Wildman–Crippen LogP) is 2.96. The van der Waals surface area contributed by atoms with Crippen LogP contribution in [-0.2, 0) is 0 Å². The molecule has 1 aromatic rings. The van der Waals surface area contributed by atoms with Crippen molar-refractivity contribution in [3.8, 4) is 11.5 Å². The zero-order chi connectivity index (χ0) is 12.3. The second-order valence-electron chi connectivity index (χ2n) is 4.80. The summed E-state index contributed by atoms with van der Waals surface area (Å²) in [6, 6.07) is 5.54. The van der Waals surface area contributed by atoms with Crippen LogP contribution in [0.15, 0.2) is 18.2 Å². The van der Waals surface area contributed by atoms with E-state index >= 15 is 0 Å². The Kier molecular flexibility index (Phi) is 3.99. The van der Waals surface area contributed by atoms with Crippen molar-refractivity contribution in [1.29, 1.82) is 0 Å². The van der Waals surface area contributed by atoms with Gasteiger partial charge < -0.3 is 14.3 Å². The van der Waals surface area contributed by atoms with Crippen molar-refractivity contribution < 1.29 is 14.3 Å². The summed E-state index contributed by atoms with van der Waals surface area (Å²) in [6.45, 7) is 8.09. The Labute approximate surface area is 98.1 Å². The summed E-state index contributed by atoms with van der Waals surface area (Å²) in [5, 5.41) is 9.48. The van der Waals surface area contributed by atoms with Crippen LogP contribution >= 0.6 is 0 Å². The lowest BCUT2D eigenvalue weighted by Gasteiger charge is -2.21. The van der Waals surface area contributed by atoms with Crippen LogP contribution in [-0.4, -0.2) is 20.5 Å². The standard InChI is InChI=1S/C12H20O3Si/c1-9(13)10-6-7-11(12(8-10)14-2)15-16(3,4)5/h6-9,13H,1-5H3. The Morgan fingerprint density at radius 1 is 1.19 bits per heavy atom. The number of aliphatic hydroxyl groups is 1. The number of ether oxygens (including phenoxy) is 1. The third kappa shape index (κ3) is 3.54. The molecule has 0 aliphatic carbocycles. The number of methoxy groups -OCH3 is 1. The maximum atomic E-state index is 9.48. The molecule has 0 bridgehead atoms. The van der Waals surface area contributed by atoms with Crippen LogP contribution in [0.4, 0.5) is 0 Å². The second-order valence-corrected chi connectivity index (χ2v) is 9.23. The first-order valence-electron chi connectivity index (χ1n) is 5.38. The van der Waals surface area contributed by atoms with Crippen molar-refractivity contribution in [3.63, 3.8) is 0 Å². The first kappa shape index (κ1) is 13.1. The summed E-state index contributed by atoms with van der Waals surface area (Å²) in [4.78, 5) is 0. The van der Waals surface area contributed by atoms with Gasteiger partial charge in [0.2, 0.25) is 8.32 Å². The highest BCUT2D eigenvalue weighted by Gasteiger charge is 2.19. The molecule has 1 unspecified atom stereocenters. The van der Waals surface area contributed by atoms with Gasteiger partial charge in [0, 0.05) is 0 Å². The largest absolute Gasteiger partial charge is 0.542 e. The van der Waals surface area contributed by atoms with Crippen LogP contribution in [0.25, 0.3) is 0 Å². The van der Waals surface area contributed by atoms with E-state index in [1.54, 1.807) is 14.0 Å². The van der Waals surface area contributed by atoms with Gasteiger partial charge in [-0.2, -0.15) is 0 Å². The predicted molar refractivity (Wildman–Crippen MR) is 67.6 cm³/mol. The first-order valence-corrected chi connectivity index (χ1v) is 8.79. The molecule has 4 heteroatoms. The minimum absolute atomic E-state index is 0.491. The molecule has 90 valence electrons. The number of hydrogen-bond donors (Lipinski definition) is 1. The van der Waals surface area contributed by atoms with Gasteiger partial charge in [-0.15, -0.1) is 0 Å². The highest BCUT2D eigenvalue weighted by atomic mass is 28.4. The minimum atomic E-state index is -1.63. The van der Waals surface area contributed by atoms with E-state index < -0.39 is 14.4 Å². The molecule has 0 fully saturated rings. The molecule has 0 aliphatic rings. The van der Waals surface area contributed by atoms with E-state index in [4.69, 9.17) is 9.16 Å². The maximum Gasteiger partial charge on any atom is 0.242 e. The van der Waals surface area contributed by atoms with Crippen LogP contribution in [0, 0.1) is 0 Å². The summed E-state index contributed by atoms with van der Waals surface area (Å²) in [7, 11) is -0.0234. The van der Waals surface area contributed by atoms with Crippen LogP contribution < -0.4 is 9.16 Å². The van der Waals surface area contributed by atoms with Crippen molar-refractivity contribution >= 4 is 8.32 Å². The molecule has 0 heterocycles. The van der Waals surface area contributed by atoms with E-state index in [-0.39, 0.29) is 0 Å². The van der Waals surface area contributed by atoms with Crippen molar-refractivity contribution in [2.75, 3.05) is 7.11 Å². The van der Waals surface area contributed by atoms with Crippen molar-refractivity contribution in [2.45, 2.75) is 32.7 Å². The maximum absolute atomic E-state index is 9.48. The van der Waals surface area contributed by atoms with E-state index in [2.05, 4.69) is 19.6 Å². The average molecular weight is 240 g/mol. The Balaban J connectivity index is 3.02. The van der Waals surface area contributed by atoms with Gasteiger partial charge in [-0.05, 0) is 44.3 Å². The lowest BCUT2D eigenvalue weighted by atomic mass is 10.1. The fraction of sp³-hybridized carbons (Fsp3) is 0.500. The Hall–Kier alpha value is -1.00. The first-order chi connectivity index (χ1) is 7.33. The normalized spacial score (nSPS) is 13.4. The highest BCUT2D eigenvalue weighted by Crippen LogP contribution is 2.31. The Morgan fingerprint density at radius 2 is 1.81 bits per heavy atom. The lowest BCUT2D eigenvalue weighted by molar-refractivity contribution is 0.198. The van der Waals surface area contributed by atoms with E-state index in [0.29, 0.717) is 5.75 Å². The molecule has 0 amide bonds. The molecule has 1 aromatic carbocycles. The van der Waals surface area contributed by atoms with E-state index in [9.17, 15) is 5.11 Å². The van der Waals surface area contributed by atoms with Gasteiger partial charge in [-0.1, -0.05) is 6.07 Å². The van der Waals surface area contributed by atoms with Crippen LogP contribution in [0.1, 0.15) is 18.6 Å². The Morgan fingerprint density at radius 3 is 2.25 bits per heavy atom. The van der Waals surface area contributed by atoms with Gasteiger partial charge >= 0.3 is 0 Å². The van der Waals surface area contributed by atoms with E-state index in [1.807, 2.05) is 18.2 Å². The van der Waals surface area contributed by atoms with Gasteiger partial charge in [0.25, 0.3) is 0 Å². The molecule has 0 saturated heterocycles. The fourth-order valence-electron chi connectivity index (χ4n) is 1.36. The summed E-state index contributed by atoms with van der Waals surface area (Å²) < 4.78 is 11.2. The van der Waals surface area contributed by atoms with Crippen LogP contribution in [0.2, 0.25) is 19.6 Å². The molecule has 0 radical (unpaired) electrons. The SMILES string of the molecule is COc1cc(C(C)O)ccc1O[Si](C)(C)C. The minimum Gasteiger partial charge on any atom is -0.542 e. The van der Waals surface area contributed by atoms with Gasteiger partial charge in [0.15, 0.2) is 5.75 Å². The van der Waals surface area contributed by atoms with Gasteiger partial charge in [0.05, 0.1) is 13.2 Å². The zero-order valence-corrected chi connectivity index (χ0v) is 11.6. The van der Waals surface area contributed by atoms with Crippen molar-refractivity contribution in [2.24, 2.45) is 0 Å². The number of benzene rings is 1. The molecule has 0 aliphatic heterocycles. The zero-order valence-electron chi connectivity index (χ0n) is 10.6. The van der Waals surface area contributed by atoms with E-state index in [1.165, 1.54) is 0 Å². The quantitative estimate of drug-likeness (QED) is 0.822. The lowest BCUT2D eigenvalue weighted by Crippen LogP contribution is -2.29. The van der Waals surface area contributed by atoms with E-state index in [0.717, 1.165) is 11.3 Å². The molecule has 1 atom stereocenters. The number of rotatable bonds is 4. The fourth-order valence-corrected chi connectivity index (χ4v) is 2.19. The van der Waals surface area contributed by atoms with Crippen LogP contribution in [0.3, 0.4) is 0 Å². The molecule has 3 nitrogen and oxygen atoms in total. The molecule has 0 aromatic heterocycles. The number of hydrogen-bond acceptors (Lipinski definition) is 3. The van der Waals surface area contributed by atoms with Crippen molar-refractivity contribution in [1.82, 2.24) is 0 Å². The average Bonchev–Trinajstić information content (AvgIpc) is 2.15. The highest BCUT2D eigenvalue weighted by molar-refractivity contribution is 6.70. The molecule has 16 heavy (non-hydrogen) atoms. The molecular weight excluding hydrogens is 220 g/mol. The summed E-state index contributed by atoms with van der Waals surface area (Å²) in [5.74, 6) is 1.44. The third-order valence-corrected chi connectivity index (χ3v) is 2.92. The monoisotopic (exact) mass is 240 g/mol. The topological polar surface area (TPSA) is 38.7 Å². The smallest absolute Gasteiger partial charge is 0.242 e. The third-order valence-electron chi connectivity index (χ3n) is 2.09. The summed E-state index contributed by atoms with van der Waals surface area (Å²) in [5.41, 5.74) is 0.833. The van der Waals surface area contributed by atoms with Crippen LogP contribution in [0.5, 0.6) is 11.5 Å². The second kappa shape index (κ2) is 4.89. The van der Waals surface area contributed by atoms with Gasteiger partial charge in [-0.3, -0.25) is 0 Å². The van der Waals surface area contributed by atoms with Gasteiger partial charge in [0.1, 0.15) is 5.75 Å².